The van der Waals surface area contributed by atoms with Gasteiger partial charge in [0.05, 0.1) is 5.92 Å². The normalized spacial score (nSPS) is 16.3. The highest BCUT2D eigenvalue weighted by Crippen LogP contribution is 2.33. The zero-order valence-corrected chi connectivity index (χ0v) is 17.4. The number of esters is 2. The molecule has 0 aliphatic heterocycles. The number of ether oxygens (including phenoxy) is 2. The maximum absolute atomic E-state index is 12.4. The Morgan fingerprint density at radius 3 is 1.92 bits per heavy atom. The lowest BCUT2D eigenvalue weighted by molar-refractivity contribution is -0.180. The number of hydrogen-bond acceptors (Lipinski definition) is 6. The fraction of sp³-hybridized carbons (Fsp3) is 0.842. The number of rotatable bonds is 11. The van der Waals surface area contributed by atoms with Crippen molar-refractivity contribution in [1.29, 1.82) is 0 Å². The van der Waals surface area contributed by atoms with Gasteiger partial charge in [0.1, 0.15) is 18.1 Å². The Balaban J connectivity index is 5.08. The van der Waals surface area contributed by atoms with Gasteiger partial charge in [-0.25, -0.2) is 0 Å². The van der Waals surface area contributed by atoms with E-state index in [0.29, 0.717) is 18.6 Å². The van der Waals surface area contributed by atoms with Gasteiger partial charge in [-0.15, -0.1) is 0 Å². The molecule has 0 aromatic rings. The molecule has 7 heteroatoms. The molecule has 0 aromatic heterocycles. The average molecular weight is 373 g/mol. The molecule has 3 unspecified atom stereocenters. The highest BCUT2D eigenvalue weighted by atomic mass is 16.6. The highest BCUT2D eigenvalue weighted by Gasteiger charge is 2.47. The van der Waals surface area contributed by atoms with Crippen LogP contribution in [0.15, 0.2) is 0 Å². The van der Waals surface area contributed by atoms with E-state index in [1.54, 1.807) is 6.92 Å². The Morgan fingerprint density at radius 2 is 1.58 bits per heavy atom. The van der Waals surface area contributed by atoms with Crippen LogP contribution in [0.5, 0.6) is 0 Å². The average Bonchev–Trinajstić information content (AvgIpc) is 2.49. The van der Waals surface area contributed by atoms with E-state index in [-0.39, 0.29) is 13.0 Å². The molecule has 0 spiro atoms. The van der Waals surface area contributed by atoms with Crippen molar-refractivity contribution in [3.05, 3.63) is 0 Å². The first-order chi connectivity index (χ1) is 11.9. The standard InChI is InChI=1S/C19H35NO6/c1-9-19(8,26-15(7)21)16(17(22)23)14(6)18(24)25-11-10-20(12(2)3)13(4)5/h12-14,16H,9-11H2,1-8H3,(H,22,23). The number of carboxylic acids is 1. The Hall–Kier alpha value is -1.63. The van der Waals surface area contributed by atoms with E-state index in [1.807, 2.05) is 0 Å². The third-order valence-electron chi connectivity index (χ3n) is 4.80. The van der Waals surface area contributed by atoms with E-state index in [0.717, 1.165) is 0 Å². The van der Waals surface area contributed by atoms with Gasteiger partial charge in [-0.3, -0.25) is 19.3 Å². The molecule has 0 aromatic carbocycles. The van der Waals surface area contributed by atoms with Crippen LogP contribution in [0.1, 0.15) is 61.8 Å². The van der Waals surface area contributed by atoms with E-state index >= 15 is 0 Å². The summed E-state index contributed by atoms with van der Waals surface area (Å²) in [5.74, 6) is -4.49. The van der Waals surface area contributed by atoms with Gasteiger partial charge < -0.3 is 14.6 Å². The van der Waals surface area contributed by atoms with E-state index in [9.17, 15) is 19.5 Å². The van der Waals surface area contributed by atoms with E-state index < -0.39 is 35.3 Å². The zero-order valence-electron chi connectivity index (χ0n) is 17.4. The summed E-state index contributed by atoms with van der Waals surface area (Å²) < 4.78 is 10.6. The van der Waals surface area contributed by atoms with Crippen molar-refractivity contribution in [2.45, 2.75) is 79.5 Å². The molecule has 152 valence electrons. The summed E-state index contributed by atoms with van der Waals surface area (Å²) in [6, 6.07) is 0.621. The van der Waals surface area contributed by atoms with Crippen LogP contribution in [0, 0.1) is 11.8 Å². The summed E-state index contributed by atoms with van der Waals surface area (Å²) in [6.07, 6.45) is 0.273. The lowest BCUT2D eigenvalue weighted by Crippen LogP contribution is -2.48. The number of carbonyl (C=O) groups excluding carboxylic acids is 2. The third kappa shape index (κ3) is 6.94. The van der Waals surface area contributed by atoms with Crippen LogP contribution in [-0.4, -0.2) is 58.8 Å². The van der Waals surface area contributed by atoms with Gasteiger partial charge in [0.15, 0.2) is 0 Å². The van der Waals surface area contributed by atoms with Crippen molar-refractivity contribution in [1.82, 2.24) is 4.90 Å². The summed E-state index contributed by atoms with van der Waals surface area (Å²) in [5, 5.41) is 9.62. The van der Waals surface area contributed by atoms with Gasteiger partial charge in [-0.1, -0.05) is 13.8 Å². The second kappa shape index (κ2) is 10.5. The first kappa shape index (κ1) is 24.4. The van der Waals surface area contributed by atoms with Crippen LogP contribution in [0.4, 0.5) is 0 Å². The van der Waals surface area contributed by atoms with Gasteiger partial charge in [-0.05, 0) is 41.0 Å². The minimum atomic E-state index is -1.28. The first-order valence-electron chi connectivity index (χ1n) is 9.22. The molecule has 0 saturated carbocycles. The SMILES string of the molecule is CCC(C)(OC(C)=O)C(C(=O)O)C(C)C(=O)OCCN(C(C)C)C(C)C. The van der Waals surface area contributed by atoms with E-state index in [4.69, 9.17) is 9.47 Å². The fourth-order valence-electron chi connectivity index (χ4n) is 3.32. The molecule has 3 atom stereocenters. The van der Waals surface area contributed by atoms with Crippen LogP contribution in [0.2, 0.25) is 0 Å². The topological polar surface area (TPSA) is 93.1 Å². The summed E-state index contributed by atoms with van der Waals surface area (Å²) >= 11 is 0. The third-order valence-corrected chi connectivity index (χ3v) is 4.80. The number of carbonyl (C=O) groups is 3. The van der Waals surface area contributed by atoms with Crippen molar-refractivity contribution < 1.29 is 29.0 Å². The second-order valence-corrected chi connectivity index (χ2v) is 7.46. The van der Waals surface area contributed by atoms with Gasteiger partial charge in [0.25, 0.3) is 0 Å². The molecule has 0 rings (SSSR count). The number of aliphatic carboxylic acids is 1. The van der Waals surface area contributed by atoms with Crippen molar-refractivity contribution in [3.63, 3.8) is 0 Å². The fourth-order valence-corrected chi connectivity index (χ4v) is 3.32. The molecular weight excluding hydrogens is 338 g/mol. The van der Waals surface area contributed by atoms with Crippen LogP contribution in [-0.2, 0) is 23.9 Å². The van der Waals surface area contributed by atoms with Crippen molar-refractivity contribution >= 4 is 17.9 Å². The van der Waals surface area contributed by atoms with Crippen LogP contribution >= 0.6 is 0 Å². The summed E-state index contributed by atoms with van der Waals surface area (Å²) in [6.45, 7) is 15.0. The molecule has 0 fully saturated rings. The second-order valence-electron chi connectivity index (χ2n) is 7.46. The van der Waals surface area contributed by atoms with Crippen LogP contribution in [0.3, 0.4) is 0 Å². The van der Waals surface area contributed by atoms with E-state index in [1.165, 1.54) is 20.8 Å². The summed E-state index contributed by atoms with van der Waals surface area (Å²) in [4.78, 5) is 37.8. The number of carboxylic acid groups (broad SMARTS) is 1. The van der Waals surface area contributed by atoms with Crippen molar-refractivity contribution in [2.75, 3.05) is 13.2 Å². The van der Waals surface area contributed by atoms with Crippen LogP contribution in [0.25, 0.3) is 0 Å². The predicted octanol–water partition coefficient (Wildman–Crippen LogP) is 2.72. The molecule has 0 heterocycles. The smallest absolute Gasteiger partial charge is 0.311 e. The molecule has 26 heavy (non-hydrogen) atoms. The Kier molecular flexibility index (Phi) is 9.84. The molecule has 0 aliphatic rings. The lowest BCUT2D eigenvalue weighted by Gasteiger charge is -2.36. The quantitative estimate of drug-likeness (QED) is 0.557. The largest absolute Gasteiger partial charge is 0.481 e. The predicted molar refractivity (Wildman–Crippen MR) is 98.7 cm³/mol. The van der Waals surface area contributed by atoms with Gasteiger partial charge in [0, 0.05) is 25.6 Å². The first-order valence-corrected chi connectivity index (χ1v) is 9.22. The number of hydrogen-bond donors (Lipinski definition) is 1. The Bertz CT molecular complexity index is 482. The van der Waals surface area contributed by atoms with Gasteiger partial charge in [-0.2, -0.15) is 0 Å². The molecular formula is C19H35NO6. The number of nitrogens with zero attached hydrogens (tertiary/aromatic N) is 1. The molecule has 0 aliphatic carbocycles. The lowest BCUT2D eigenvalue weighted by atomic mass is 9.78. The maximum Gasteiger partial charge on any atom is 0.311 e. The van der Waals surface area contributed by atoms with Gasteiger partial charge in [0.2, 0.25) is 0 Å². The summed E-state index contributed by atoms with van der Waals surface area (Å²) in [5.41, 5.74) is -1.28. The van der Waals surface area contributed by atoms with Crippen molar-refractivity contribution in [2.24, 2.45) is 11.8 Å². The van der Waals surface area contributed by atoms with Gasteiger partial charge >= 0.3 is 17.9 Å². The molecule has 0 saturated heterocycles. The highest BCUT2D eigenvalue weighted by molar-refractivity contribution is 5.82. The molecule has 7 nitrogen and oxygen atoms in total. The Morgan fingerprint density at radius 1 is 1.08 bits per heavy atom. The van der Waals surface area contributed by atoms with Crippen LogP contribution < -0.4 is 0 Å². The summed E-state index contributed by atoms with van der Waals surface area (Å²) in [7, 11) is 0. The Labute approximate surface area is 157 Å². The van der Waals surface area contributed by atoms with Crippen molar-refractivity contribution in [3.8, 4) is 0 Å². The monoisotopic (exact) mass is 373 g/mol. The zero-order chi connectivity index (χ0) is 20.7. The minimum absolute atomic E-state index is 0.183. The minimum Gasteiger partial charge on any atom is -0.481 e. The maximum atomic E-state index is 12.4. The van der Waals surface area contributed by atoms with E-state index in [2.05, 4.69) is 32.6 Å². The molecule has 1 N–H and O–H groups in total. The molecule has 0 radical (unpaired) electrons. The molecule has 0 bridgehead atoms. The molecule has 0 amide bonds.